The number of methoxy groups -OCH3 is 1. The number of hydrogen-bond acceptors (Lipinski definition) is 4. The van der Waals surface area contributed by atoms with Gasteiger partial charge in [-0.2, -0.15) is 0 Å². The summed E-state index contributed by atoms with van der Waals surface area (Å²) in [5.41, 5.74) is 0. The molecular formula is C6H8O4. The van der Waals surface area contributed by atoms with Crippen LogP contribution in [0, 0.1) is 5.92 Å². The quantitative estimate of drug-likeness (QED) is 0.401. The van der Waals surface area contributed by atoms with Crippen LogP contribution in [0.1, 0.15) is 12.8 Å². The van der Waals surface area contributed by atoms with Crippen LogP contribution in [0.5, 0.6) is 0 Å². The number of carbonyl (C=O) groups is 2. The van der Waals surface area contributed by atoms with Gasteiger partial charge >= 0.3 is 12.1 Å². The molecule has 0 N–H and O–H groups in total. The highest BCUT2D eigenvalue weighted by atomic mass is 16.7. The standard InChI is InChI=1S/C6H8O4/c1-9-6(8)10-5(7)4-2-3-4/h4H,2-3H2,1H3. The van der Waals surface area contributed by atoms with Crippen LogP contribution in [0.4, 0.5) is 4.79 Å². The lowest BCUT2D eigenvalue weighted by Crippen LogP contribution is -2.13. The van der Waals surface area contributed by atoms with E-state index in [0.717, 1.165) is 12.8 Å². The Morgan fingerprint density at radius 3 is 2.40 bits per heavy atom. The zero-order valence-corrected chi connectivity index (χ0v) is 5.62. The Morgan fingerprint density at radius 2 is 2.00 bits per heavy atom. The first-order chi connectivity index (χ1) is 4.74. The van der Waals surface area contributed by atoms with Crippen LogP contribution in [-0.2, 0) is 14.3 Å². The van der Waals surface area contributed by atoms with Gasteiger partial charge in [-0.1, -0.05) is 0 Å². The van der Waals surface area contributed by atoms with Crippen molar-refractivity contribution in [2.45, 2.75) is 12.8 Å². The molecule has 1 rings (SSSR count). The molecule has 0 saturated heterocycles. The molecule has 0 heterocycles. The molecule has 0 unspecified atom stereocenters. The van der Waals surface area contributed by atoms with Crippen molar-refractivity contribution in [2.24, 2.45) is 5.92 Å². The molecule has 0 spiro atoms. The second-order valence-corrected chi connectivity index (χ2v) is 2.15. The summed E-state index contributed by atoms with van der Waals surface area (Å²) < 4.78 is 8.34. The van der Waals surface area contributed by atoms with Crippen LogP contribution in [0.3, 0.4) is 0 Å². The zero-order chi connectivity index (χ0) is 7.56. The van der Waals surface area contributed by atoms with E-state index in [0.29, 0.717) is 0 Å². The smallest absolute Gasteiger partial charge is 0.437 e. The fraction of sp³-hybridized carbons (Fsp3) is 0.667. The Morgan fingerprint density at radius 1 is 1.40 bits per heavy atom. The highest BCUT2D eigenvalue weighted by molar-refractivity contribution is 5.84. The predicted molar refractivity (Wildman–Crippen MR) is 31.2 cm³/mol. The molecule has 0 aromatic rings. The molecule has 10 heavy (non-hydrogen) atoms. The summed E-state index contributed by atoms with van der Waals surface area (Å²) in [5, 5.41) is 0. The average Bonchev–Trinajstić information content (AvgIpc) is 2.68. The Hall–Kier alpha value is -1.06. The van der Waals surface area contributed by atoms with Crippen molar-refractivity contribution in [1.82, 2.24) is 0 Å². The second kappa shape index (κ2) is 2.68. The van der Waals surface area contributed by atoms with Gasteiger partial charge in [-0.05, 0) is 12.8 Å². The zero-order valence-electron chi connectivity index (χ0n) is 5.62. The summed E-state index contributed by atoms with van der Waals surface area (Å²) in [6.07, 6.45) is 0.739. The lowest BCUT2D eigenvalue weighted by molar-refractivity contribution is -0.140. The van der Waals surface area contributed by atoms with Gasteiger partial charge in [-0.3, -0.25) is 4.79 Å². The van der Waals surface area contributed by atoms with Crippen molar-refractivity contribution in [3.05, 3.63) is 0 Å². The molecule has 1 aliphatic carbocycles. The summed E-state index contributed by atoms with van der Waals surface area (Å²) in [4.78, 5) is 20.9. The van der Waals surface area contributed by atoms with Gasteiger partial charge in [0.25, 0.3) is 0 Å². The van der Waals surface area contributed by atoms with Crippen molar-refractivity contribution in [3.63, 3.8) is 0 Å². The maximum atomic E-state index is 10.7. The number of esters is 1. The third-order valence-corrected chi connectivity index (χ3v) is 1.26. The third kappa shape index (κ3) is 1.72. The molecule has 0 aromatic carbocycles. The molecule has 0 atom stereocenters. The van der Waals surface area contributed by atoms with Crippen molar-refractivity contribution >= 4 is 12.1 Å². The Bertz CT molecular complexity index is 159. The fourth-order valence-corrected chi connectivity index (χ4v) is 0.526. The van der Waals surface area contributed by atoms with Gasteiger partial charge in [0.15, 0.2) is 0 Å². The maximum absolute atomic E-state index is 10.7. The highest BCUT2D eigenvalue weighted by Crippen LogP contribution is 2.30. The summed E-state index contributed by atoms with van der Waals surface area (Å²) in [5.74, 6) is -0.522. The van der Waals surface area contributed by atoms with E-state index in [4.69, 9.17) is 0 Å². The Balaban J connectivity index is 2.23. The number of carbonyl (C=O) groups excluding carboxylic acids is 2. The molecule has 4 nitrogen and oxygen atoms in total. The van der Waals surface area contributed by atoms with Crippen LogP contribution < -0.4 is 0 Å². The molecular weight excluding hydrogens is 136 g/mol. The first-order valence-corrected chi connectivity index (χ1v) is 3.03. The van der Waals surface area contributed by atoms with Crippen molar-refractivity contribution in [2.75, 3.05) is 7.11 Å². The van der Waals surface area contributed by atoms with E-state index < -0.39 is 12.1 Å². The number of hydrogen-bond donors (Lipinski definition) is 0. The molecule has 0 radical (unpaired) electrons. The van der Waals surface area contributed by atoms with Crippen LogP contribution >= 0.6 is 0 Å². The molecule has 1 saturated carbocycles. The summed E-state index contributed by atoms with van der Waals surface area (Å²) in [7, 11) is 1.17. The Labute approximate surface area is 58.1 Å². The summed E-state index contributed by atoms with van der Waals surface area (Å²) >= 11 is 0. The van der Waals surface area contributed by atoms with Crippen LogP contribution in [0.2, 0.25) is 0 Å². The molecule has 0 bridgehead atoms. The molecule has 0 amide bonds. The molecule has 4 heteroatoms. The van der Waals surface area contributed by atoms with E-state index in [1.165, 1.54) is 7.11 Å². The number of rotatable bonds is 1. The molecule has 1 fully saturated rings. The first-order valence-electron chi connectivity index (χ1n) is 3.03. The molecule has 1 aliphatic rings. The van der Waals surface area contributed by atoms with Crippen LogP contribution in [0.15, 0.2) is 0 Å². The van der Waals surface area contributed by atoms with E-state index in [2.05, 4.69) is 9.47 Å². The van der Waals surface area contributed by atoms with E-state index >= 15 is 0 Å². The van der Waals surface area contributed by atoms with Gasteiger partial charge in [-0.25, -0.2) is 4.79 Å². The molecule has 0 aromatic heterocycles. The lowest BCUT2D eigenvalue weighted by atomic mass is 10.4. The van der Waals surface area contributed by atoms with Gasteiger partial charge in [0.1, 0.15) is 0 Å². The lowest BCUT2D eigenvalue weighted by Gasteiger charge is -1.97. The minimum Gasteiger partial charge on any atom is -0.437 e. The topological polar surface area (TPSA) is 52.6 Å². The second-order valence-electron chi connectivity index (χ2n) is 2.15. The van der Waals surface area contributed by atoms with Gasteiger partial charge < -0.3 is 9.47 Å². The fourth-order valence-electron chi connectivity index (χ4n) is 0.526. The van der Waals surface area contributed by atoms with Crippen molar-refractivity contribution in [1.29, 1.82) is 0 Å². The SMILES string of the molecule is COC(=O)OC(=O)C1CC1. The van der Waals surface area contributed by atoms with Crippen LogP contribution in [0.25, 0.3) is 0 Å². The van der Waals surface area contributed by atoms with E-state index in [9.17, 15) is 9.59 Å². The van der Waals surface area contributed by atoms with E-state index in [-0.39, 0.29) is 5.92 Å². The summed E-state index contributed by atoms with van der Waals surface area (Å²) in [6.45, 7) is 0. The Kier molecular flexibility index (Phi) is 1.89. The van der Waals surface area contributed by atoms with Gasteiger partial charge in [-0.15, -0.1) is 0 Å². The summed E-state index contributed by atoms with van der Waals surface area (Å²) in [6, 6.07) is 0. The molecule has 0 aliphatic heterocycles. The normalized spacial score (nSPS) is 16.1. The average molecular weight is 144 g/mol. The van der Waals surface area contributed by atoms with Gasteiger partial charge in [0.05, 0.1) is 13.0 Å². The van der Waals surface area contributed by atoms with Crippen molar-refractivity contribution in [3.8, 4) is 0 Å². The van der Waals surface area contributed by atoms with Gasteiger partial charge in [0.2, 0.25) is 0 Å². The van der Waals surface area contributed by atoms with Crippen LogP contribution in [-0.4, -0.2) is 19.2 Å². The maximum Gasteiger partial charge on any atom is 0.515 e. The number of ether oxygens (including phenoxy) is 2. The minimum atomic E-state index is -0.920. The van der Waals surface area contributed by atoms with E-state index in [1.807, 2.05) is 0 Å². The largest absolute Gasteiger partial charge is 0.515 e. The van der Waals surface area contributed by atoms with E-state index in [1.54, 1.807) is 0 Å². The molecule has 56 valence electrons. The predicted octanol–water partition coefficient (Wildman–Crippen LogP) is 0.706. The third-order valence-electron chi connectivity index (χ3n) is 1.26. The highest BCUT2D eigenvalue weighted by Gasteiger charge is 2.32. The monoisotopic (exact) mass is 144 g/mol. The van der Waals surface area contributed by atoms with Crippen molar-refractivity contribution < 1.29 is 19.1 Å². The van der Waals surface area contributed by atoms with Gasteiger partial charge in [0, 0.05) is 0 Å². The minimum absolute atomic E-state index is 0.0564. The first kappa shape index (κ1) is 7.05.